The second-order valence-corrected chi connectivity index (χ2v) is 8.03. The van der Waals surface area contributed by atoms with Gasteiger partial charge < -0.3 is 14.4 Å². The molecule has 1 aromatic heterocycles. The minimum atomic E-state index is 0.0392. The number of methoxy groups -OCH3 is 1. The van der Waals surface area contributed by atoms with Crippen LogP contribution in [0.25, 0.3) is 10.2 Å². The third-order valence-corrected chi connectivity index (χ3v) is 6.52. The number of nitrogens with zero attached hydrogens (tertiary/aromatic N) is 3. The summed E-state index contributed by atoms with van der Waals surface area (Å²) in [7, 11) is 1.69. The zero-order valence-corrected chi connectivity index (χ0v) is 15.9. The van der Waals surface area contributed by atoms with Gasteiger partial charge in [0.15, 0.2) is 0 Å². The number of anilines is 1. The van der Waals surface area contributed by atoms with E-state index in [1.54, 1.807) is 18.4 Å². The fraction of sp³-hybridized carbons (Fsp3) is 0.450. The van der Waals surface area contributed by atoms with Crippen molar-refractivity contribution in [2.24, 2.45) is 10.9 Å². The van der Waals surface area contributed by atoms with E-state index in [0.29, 0.717) is 5.92 Å². The largest absolute Gasteiger partial charge is 0.494 e. The van der Waals surface area contributed by atoms with E-state index in [1.807, 2.05) is 24.6 Å². The SMILES string of the molecule is COc1cc2nc(C3CCC(C=O)CC3)sc2cc1N1C=CC=NC1C. The molecule has 2 aromatic rings. The van der Waals surface area contributed by atoms with Crippen molar-refractivity contribution in [3.63, 3.8) is 0 Å². The summed E-state index contributed by atoms with van der Waals surface area (Å²) in [6.45, 7) is 2.06. The highest BCUT2D eigenvalue weighted by Crippen LogP contribution is 2.42. The molecule has 1 aliphatic heterocycles. The van der Waals surface area contributed by atoms with Crippen LogP contribution in [0, 0.1) is 5.92 Å². The maximum absolute atomic E-state index is 11.0. The van der Waals surface area contributed by atoms with Crippen LogP contribution >= 0.6 is 11.3 Å². The van der Waals surface area contributed by atoms with Gasteiger partial charge in [-0.1, -0.05) is 0 Å². The van der Waals surface area contributed by atoms with Gasteiger partial charge in [-0.15, -0.1) is 11.3 Å². The minimum Gasteiger partial charge on any atom is -0.494 e. The van der Waals surface area contributed by atoms with E-state index in [-0.39, 0.29) is 12.1 Å². The van der Waals surface area contributed by atoms with Crippen LogP contribution in [0.15, 0.2) is 29.4 Å². The second-order valence-electron chi connectivity index (χ2n) is 6.97. The molecule has 5 nitrogen and oxygen atoms in total. The third kappa shape index (κ3) is 3.14. The van der Waals surface area contributed by atoms with Gasteiger partial charge in [-0.05, 0) is 44.7 Å². The first-order valence-corrected chi connectivity index (χ1v) is 9.93. The van der Waals surface area contributed by atoms with Crippen molar-refractivity contribution >= 4 is 39.7 Å². The third-order valence-electron chi connectivity index (χ3n) is 5.33. The molecule has 0 bridgehead atoms. The standard InChI is InChI=1S/C20H23N3O2S/c1-13-21-8-3-9-23(13)17-11-19-16(10-18(17)25-2)22-20(26-19)15-6-4-14(12-24)5-7-15/h3,8-15H,4-7H2,1-2H3. The quantitative estimate of drug-likeness (QED) is 0.743. The first kappa shape index (κ1) is 17.2. The fourth-order valence-electron chi connectivity index (χ4n) is 3.79. The first-order chi connectivity index (χ1) is 12.7. The number of carbonyl (C=O) groups is 1. The molecule has 1 aliphatic carbocycles. The van der Waals surface area contributed by atoms with Crippen molar-refractivity contribution in [3.05, 3.63) is 29.4 Å². The summed E-state index contributed by atoms with van der Waals surface area (Å²) in [4.78, 5) is 22.4. The molecular weight excluding hydrogens is 346 g/mol. The van der Waals surface area contributed by atoms with Gasteiger partial charge in [-0.2, -0.15) is 0 Å². The molecule has 1 aromatic carbocycles. The normalized spacial score (nSPS) is 25.6. The Balaban J connectivity index is 1.67. The van der Waals surface area contributed by atoms with Crippen molar-refractivity contribution in [3.8, 4) is 5.75 Å². The van der Waals surface area contributed by atoms with Crippen molar-refractivity contribution in [1.82, 2.24) is 4.98 Å². The summed E-state index contributed by atoms with van der Waals surface area (Å²) in [5.74, 6) is 1.52. The molecule has 0 amide bonds. The van der Waals surface area contributed by atoms with E-state index >= 15 is 0 Å². The minimum absolute atomic E-state index is 0.0392. The molecule has 26 heavy (non-hydrogen) atoms. The van der Waals surface area contributed by atoms with E-state index in [1.165, 1.54) is 9.71 Å². The molecule has 0 N–H and O–H groups in total. The Hall–Kier alpha value is -2.21. The zero-order chi connectivity index (χ0) is 18.1. The number of carbonyl (C=O) groups excluding carboxylic acids is 1. The lowest BCUT2D eigenvalue weighted by Crippen LogP contribution is -2.28. The van der Waals surface area contributed by atoms with Gasteiger partial charge in [0, 0.05) is 30.3 Å². The average molecular weight is 369 g/mol. The predicted octanol–water partition coefficient (Wildman–Crippen LogP) is 4.53. The summed E-state index contributed by atoms with van der Waals surface area (Å²) < 4.78 is 6.81. The molecule has 0 saturated heterocycles. The molecule has 0 radical (unpaired) electrons. The number of aromatic nitrogens is 1. The van der Waals surface area contributed by atoms with Gasteiger partial charge in [0.25, 0.3) is 0 Å². The lowest BCUT2D eigenvalue weighted by Gasteiger charge is -2.28. The summed E-state index contributed by atoms with van der Waals surface area (Å²) in [6, 6.07) is 4.19. The molecule has 4 rings (SSSR count). The highest BCUT2D eigenvalue weighted by Gasteiger charge is 2.25. The van der Waals surface area contributed by atoms with Crippen LogP contribution in [-0.4, -0.2) is 30.8 Å². The Bertz CT molecular complexity index is 865. The number of benzene rings is 1. The van der Waals surface area contributed by atoms with Gasteiger partial charge in [0.2, 0.25) is 0 Å². The Morgan fingerprint density at radius 1 is 1.27 bits per heavy atom. The lowest BCUT2D eigenvalue weighted by molar-refractivity contribution is -0.111. The van der Waals surface area contributed by atoms with Gasteiger partial charge in [-0.3, -0.25) is 4.99 Å². The number of ether oxygens (including phenoxy) is 1. The molecule has 1 saturated carbocycles. The molecule has 2 aliphatic rings. The Morgan fingerprint density at radius 3 is 2.77 bits per heavy atom. The smallest absolute Gasteiger partial charge is 0.144 e. The lowest BCUT2D eigenvalue weighted by atomic mass is 9.83. The summed E-state index contributed by atoms with van der Waals surface area (Å²) >= 11 is 1.77. The van der Waals surface area contributed by atoms with Crippen molar-refractivity contribution < 1.29 is 9.53 Å². The fourth-order valence-corrected chi connectivity index (χ4v) is 4.94. The van der Waals surface area contributed by atoms with Gasteiger partial charge in [0.1, 0.15) is 18.2 Å². The number of hydrogen-bond acceptors (Lipinski definition) is 6. The number of hydrogen-bond donors (Lipinski definition) is 0. The van der Waals surface area contributed by atoms with Crippen molar-refractivity contribution in [1.29, 1.82) is 0 Å². The van der Waals surface area contributed by atoms with Gasteiger partial charge >= 0.3 is 0 Å². The molecule has 1 atom stereocenters. The predicted molar refractivity (Wildman–Crippen MR) is 107 cm³/mol. The maximum atomic E-state index is 11.0. The number of thiazole rings is 1. The van der Waals surface area contributed by atoms with Crippen LogP contribution in [0.3, 0.4) is 0 Å². The molecule has 1 unspecified atom stereocenters. The molecule has 0 spiro atoms. The maximum Gasteiger partial charge on any atom is 0.144 e. The van der Waals surface area contributed by atoms with Gasteiger partial charge in [-0.25, -0.2) is 4.98 Å². The monoisotopic (exact) mass is 369 g/mol. The number of rotatable bonds is 4. The number of allylic oxidation sites excluding steroid dienone is 1. The Kier molecular flexibility index (Phi) is 4.76. The summed E-state index contributed by atoms with van der Waals surface area (Å²) in [5.41, 5.74) is 2.00. The van der Waals surface area contributed by atoms with Crippen LogP contribution in [0.2, 0.25) is 0 Å². The van der Waals surface area contributed by atoms with E-state index in [9.17, 15) is 4.79 Å². The highest BCUT2D eigenvalue weighted by atomic mass is 32.1. The van der Waals surface area contributed by atoms with E-state index in [0.717, 1.165) is 48.9 Å². The van der Waals surface area contributed by atoms with E-state index < -0.39 is 0 Å². The van der Waals surface area contributed by atoms with E-state index in [4.69, 9.17) is 9.72 Å². The highest BCUT2D eigenvalue weighted by molar-refractivity contribution is 7.18. The van der Waals surface area contributed by atoms with Crippen molar-refractivity contribution in [2.45, 2.75) is 44.7 Å². The molecule has 1 fully saturated rings. The molecule has 6 heteroatoms. The number of fused-ring (bicyclic) bond motifs is 1. The number of aldehydes is 1. The summed E-state index contributed by atoms with van der Waals surface area (Å²) in [6.07, 6.45) is 11.0. The number of aliphatic imine (C=N–C) groups is 1. The Labute approximate surface area is 157 Å². The van der Waals surface area contributed by atoms with Crippen LogP contribution in [-0.2, 0) is 4.79 Å². The van der Waals surface area contributed by atoms with Crippen LogP contribution < -0.4 is 9.64 Å². The molecule has 136 valence electrons. The molecular formula is C20H23N3O2S. The second kappa shape index (κ2) is 7.19. The van der Waals surface area contributed by atoms with Crippen LogP contribution in [0.1, 0.15) is 43.5 Å². The molecule has 2 heterocycles. The summed E-state index contributed by atoms with van der Waals surface area (Å²) in [5, 5.41) is 1.18. The van der Waals surface area contributed by atoms with Crippen LogP contribution in [0.4, 0.5) is 5.69 Å². The Morgan fingerprint density at radius 2 is 2.08 bits per heavy atom. The van der Waals surface area contributed by atoms with Crippen molar-refractivity contribution in [2.75, 3.05) is 12.0 Å². The van der Waals surface area contributed by atoms with Gasteiger partial charge in [0.05, 0.1) is 28.0 Å². The van der Waals surface area contributed by atoms with Crippen LogP contribution in [0.5, 0.6) is 5.75 Å². The van der Waals surface area contributed by atoms with E-state index in [2.05, 4.69) is 22.9 Å². The topological polar surface area (TPSA) is 54.8 Å². The average Bonchev–Trinajstić information content (AvgIpc) is 3.10. The zero-order valence-electron chi connectivity index (χ0n) is 15.1. The first-order valence-electron chi connectivity index (χ1n) is 9.11.